The third-order valence-corrected chi connectivity index (χ3v) is 6.16. The predicted octanol–water partition coefficient (Wildman–Crippen LogP) is 4.78. The van der Waals surface area contributed by atoms with Gasteiger partial charge in [-0.3, -0.25) is 9.10 Å². The van der Waals surface area contributed by atoms with Crippen LogP contribution in [0.4, 0.5) is 23.2 Å². The van der Waals surface area contributed by atoms with Gasteiger partial charge in [-0.05, 0) is 53.9 Å². The SMILES string of the molecule is CS(=O)(=O)N(Cc1ccc(C(=O)NCCc2ccc(F)cc2)cc1)c1ccccc1C(F)(F)F. The summed E-state index contributed by atoms with van der Waals surface area (Å²) in [5, 5.41) is 2.73. The Morgan fingerprint density at radius 1 is 0.912 bits per heavy atom. The molecule has 0 radical (unpaired) electrons. The van der Waals surface area contributed by atoms with Gasteiger partial charge in [0.15, 0.2) is 0 Å². The third kappa shape index (κ3) is 6.57. The van der Waals surface area contributed by atoms with E-state index in [2.05, 4.69) is 5.32 Å². The molecule has 0 spiro atoms. The first-order valence-electron chi connectivity index (χ1n) is 10.2. The topological polar surface area (TPSA) is 66.5 Å². The summed E-state index contributed by atoms with van der Waals surface area (Å²) in [6.45, 7) is -0.0132. The normalized spacial score (nSPS) is 11.8. The van der Waals surface area contributed by atoms with Crippen LogP contribution in [0.1, 0.15) is 27.0 Å². The monoisotopic (exact) mass is 494 g/mol. The second-order valence-corrected chi connectivity index (χ2v) is 9.52. The zero-order chi connectivity index (χ0) is 24.9. The molecule has 0 saturated heterocycles. The fraction of sp³-hybridized carbons (Fsp3) is 0.208. The van der Waals surface area contributed by atoms with Gasteiger partial charge in [0.05, 0.1) is 24.1 Å². The molecule has 0 aliphatic heterocycles. The minimum absolute atomic E-state index is 0.310. The number of carbonyl (C=O) groups is 1. The third-order valence-electron chi connectivity index (χ3n) is 5.03. The molecule has 0 saturated carbocycles. The molecule has 0 unspecified atom stereocenters. The molecule has 0 aliphatic carbocycles. The number of halogens is 4. The first-order valence-corrected chi connectivity index (χ1v) is 12.1. The van der Waals surface area contributed by atoms with Crippen molar-refractivity contribution in [2.24, 2.45) is 0 Å². The molecule has 1 N–H and O–H groups in total. The van der Waals surface area contributed by atoms with Crippen molar-refractivity contribution in [3.8, 4) is 0 Å². The molecule has 0 aliphatic rings. The number of carbonyl (C=O) groups excluding carboxylic acids is 1. The fourth-order valence-electron chi connectivity index (χ4n) is 3.31. The van der Waals surface area contributed by atoms with Gasteiger partial charge in [-0.15, -0.1) is 0 Å². The summed E-state index contributed by atoms with van der Waals surface area (Å²) in [4.78, 5) is 12.4. The zero-order valence-corrected chi connectivity index (χ0v) is 19.0. The highest BCUT2D eigenvalue weighted by Gasteiger charge is 2.36. The highest BCUT2D eigenvalue weighted by Crippen LogP contribution is 2.37. The van der Waals surface area contributed by atoms with Gasteiger partial charge in [0.25, 0.3) is 5.91 Å². The number of amides is 1. The number of benzene rings is 3. The van der Waals surface area contributed by atoms with Gasteiger partial charge in [0, 0.05) is 12.1 Å². The van der Waals surface area contributed by atoms with Crippen LogP contribution in [0, 0.1) is 5.82 Å². The number of rotatable bonds is 8. The zero-order valence-electron chi connectivity index (χ0n) is 18.1. The molecule has 0 atom stereocenters. The van der Waals surface area contributed by atoms with Gasteiger partial charge >= 0.3 is 6.18 Å². The lowest BCUT2D eigenvalue weighted by Crippen LogP contribution is -2.31. The van der Waals surface area contributed by atoms with Crippen LogP contribution in [0.3, 0.4) is 0 Å². The predicted molar refractivity (Wildman–Crippen MR) is 121 cm³/mol. The van der Waals surface area contributed by atoms with Crippen LogP contribution >= 0.6 is 0 Å². The second kappa shape index (κ2) is 10.3. The van der Waals surface area contributed by atoms with Crippen molar-refractivity contribution >= 4 is 21.6 Å². The van der Waals surface area contributed by atoms with Crippen LogP contribution < -0.4 is 9.62 Å². The van der Waals surface area contributed by atoms with Crippen LogP contribution in [0.15, 0.2) is 72.8 Å². The van der Waals surface area contributed by atoms with E-state index in [1.165, 1.54) is 48.5 Å². The van der Waals surface area contributed by atoms with Gasteiger partial charge in [0.2, 0.25) is 10.0 Å². The van der Waals surface area contributed by atoms with E-state index in [0.717, 1.165) is 24.0 Å². The largest absolute Gasteiger partial charge is 0.418 e. The van der Waals surface area contributed by atoms with Crippen molar-refractivity contribution in [3.05, 3.63) is 101 Å². The summed E-state index contributed by atoms with van der Waals surface area (Å²) in [7, 11) is -4.04. The average molecular weight is 495 g/mol. The lowest BCUT2D eigenvalue weighted by atomic mass is 10.1. The maximum absolute atomic E-state index is 13.4. The Hall–Kier alpha value is -3.40. The molecule has 3 rings (SSSR count). The molecule has 10 heteroatoms. The molecule has 34 heavy (non-hydrogen) atoms. The van der Waals surface area contributed by atoms with Gasteiger partial charge in [-0.1, -0.05) is 36.4 Å². The van der Waals surface area contributed by atoms with Crippen molar-refractivity contribution < 1.29 is 30.8 Å². The minimum atomic E-state index is -4.73. The van der Waals surface area contributed by atoms with E-state index in [0.29, 0.717) is 28.4 Å². The van der Waals surface area contributed by atoms with Crippen molar-refractivity contribution in [2.45, 2.75) is 19.1 Å². The van der Waals surface area contributed by atoms with E-state index in [-0.39, 0.29) is 18.3 Å². The average Bonchev–Trinajstić information content (AvgIpc) is 2.78. The standard InChI is InChI=1S/C24H22F4N2O3S/c1-34(32,33)30(22-5-3-2-4-21(22)24(26,27)28)16-18-6-10-19(11-7-18)23(31)29-15-14-17-8-12-20(25)13-9-17/h2-13H,14-16H2,1H3,(H,29,31). The van der Waals surface area contributed by atoms with Crippen LogP contribution in [0.2, 0.25) is 0 Å². The van der Waals surface area contributed by atoms with E-state index < -0.39 is 27.5 Å². The van der Waals surface area contributed by atoms with Gasteiger partial charge in [0.1, 0.15) is 5.82 Å². The summed E-state index contributed by atoms with van der Waals surface area (Å²) in [5.41, 5.74) is 0.0458. The van der Waals surface area contributed by atoms with Crippen LogP contribution in [-0.4, -0.2) is 27.1 Å². The number of anilines is 1. The molecule has 0 fully saturated rings. The Morgan fingerprint density at radius 3 is 2.09 bits per heavy atom. The molecule has 0 bridgehead atoms. The highest BCUT2D eigenvalue weighted by atomic mass is 32.2. The van der Waals surface area contributed by atoms with E-state index in [4.69, 9.17) is 0 Å². The van der Waals surface area contributed by atoms with E-state index >= 15 is 0 Å². The van der Waals surface area contributed by atoms with Crippen molar-refractivity contribution in [3.63, 3.8) is 0 Å². The Balaban J connectivity index is 1.70. The number of nitrogens with zero attached hydrogens (tertiary/aromatic N) is 1. The summed E-state index contributed by atoms with van der Waals surface area (Å²) in [6, 6.07) is 16.3. The molecular weight excluding hydrogens is 472 g/mol. The van der Waals surface area contributed by atoms with Crippen molar-refractivity contribution in [2.75, 3.05) is 17.1 Å². The lowest BCUT2D eigenvalue weighted by molar-refractivity contribution is -0.137. The van der Waals surface area contributed by atoms with Crippen LogP contribution in [0.25, 0.3) is 0 Å². The van der Waals surface area contributed by atoms with Crippen molar-refractivity contribution in [1.82, 2.24) is 5.32 Å². The fourth-order valence-corrected chi connectivity index (χ4v) is 4.21. The Labute approximate surface area is 195 Å². The first kappa shape index (κ1) is 25.2. The molecule has 3 aromatic rings. The molecule has 0 heterocycles. The Bertz CT molecular complexity index is 1240. The number of alkyl halides is 3. The molecule has 3 aromatic carbocycles. The summed E-state index contributed by atoms with van der Waals surface area (Å²) < 4.78 is 78.5. The Kier molecular flexibility index (Phi) is 7.61. The number of hydrogen-bond donors (Lipinski definition) is 1. The smallest absolute Gasteiger partial charge is 0.352 e. The summed E-state index contributed by atoms with van der Waals surface area (Å²) in [6.07, 6.45) is -3.38. The maximum atomic E-state index is 13.4. The number of nitrogens with one attached hydrogen (secondary N) is 1. The van der Waals surface area contributed by atoms with Gasteiger partial charge in [-0.2, -0.15) is 13.2 Å². The number of para-hydroxylation sites is 1. The van der Waals surface area contributed by atoms with E-state index in [1.54, 1.807) is 12.1 Å². The lowest BCUT2D eigenvalue weighted by Gasteiger charge is -2.25. The summed E-state index contributed by atoms with van der Waals surface area (Å²) >= 11 is 0. The molecule has 1 amide bonds. The van der Waals surface area contributed by atoms with Crippen molar-refractivity contribution in [1.29, 1.82) is 0 Å². The minimum Gasteiger partial charge on any atom is -0.352 e. The molecule has 5 nitrogen and oxygen atoms in total. The number of hydrogen-bond acceptors (Lipinski definition) is 3. The number of sulfonamides is 1. The quantitative estimate of drug-likeness (QED) is 0.459. The first-order chi connectivity index (χ1) is 15.9. The van der Waals surface area contributed by atoms with Gasteiger partial charge < -0.3 is 5.32 Å². The molecule has 0 aromatic heterocycles. The van der Waals surface area contributed by atoms with E-state index in [1.807, 2.05) is 0 Å². The summed E-state index contributed by atoms with van der Waals surface area (Å²) in [5.74, 6) is -0.708. The van der Waals surface area contributed by atoms with Gasteiger partial charge in [-0.25, -0.2) is 12.8 Å². The molecule has 180 valence electrons. The van der Waals surface area contributed by atoms with Crippen LogP contribution in [-0.2, 0) is 29.2 Å². The maximum Gasteiger partial charge on any atom is 0.418 e. The van der Waals surface area contributed by atoms with E-state index in [9.17, 15) is 30.8 Å². The second-order valence-electron chi connectivity index (χ2n) is 7.61. The Morgan fingerprint density at radius 2 is 1.50 bits per heavy atom. The highest BCUT2D eigenvalue weighted by molar-refractivity contribution is 7.92. The van der Waals surface area contributed by atoms with Crippen LogP contribution in [0.5, 0.6) is 0 Å². The molecular formula is C24H22F4N2O3S.